The molecule has 6 rings (SSSR count). The fourth-order valence-electron chi connectivity index (χ4n) is 5.36. The number of ether oxygens (including phenoxy) is 4. The molecule has 4 aromatic carbocycles. The second-order valence-electron chi connectivity index (χ2n) is 11.0. The third-order valence-corrected chi connectivity index (χ3v) is 7.65. The first kappa shape index (κ1) is 30.8. The maximum atomic E-state index is 13.6. The Labute approximate surface area is 269 Å². The Balaban J connectivity index is 1.31. The van der Waals surface area contributed by atoms with Crippen LogP contribution in [0.2, 0.25) is 0 Å². The topological polar surface area (TPSA) is 137 Å². The van der Waals surface area contributed by atoms with Crippen LogP contribution in [-0.2, 0) is 9.59 Å². The molecule has 2 heterocycles. The van der Waals surface area contributed by atoms with E-state index in [1.807, 2.05) is 26.0 Å². The summed E-state index contributed by atoms with van der Waals surface area (Å²) in [4.78, 5) is 59.8. The second kappa shape index (κ2) is 12.7. The van der Waals surface area contributed by atoms with Crippen molar-refractivity contribution in [2.24, 2.45) is 0 Å². The number of benzene rings is 4. The second-order valence-corrected chi connectivity index (χ2v) is 11.0. The van der Waals surface area contributed by atoms with Crippen molar-refractivity contribution in [1.82, 2.24) is 9.97 Å². The summed E-state index contributed by atoms with van der Waals surface area (Å²) in [5.74, 6) is -1.89. The third kappa shape index (κ3) is 6.21. The van der Waals surface area contributed by atoms with Gasteiger partial charge in [-0.25, -0.2) is 0 Å². The first-order chi connectivity index (χ1) is 22.6. The molecule has 10 heteroatoms. The predicted octanol–water partition coefficient (Wildman–Crippen LogP) is 6.65. The number of fused-ring (bicyclic) bond motifs is 2. The number of nitrogens with one attached hydrogen (secondary N) is 2. The summed E-state index contributed by atoms with van der Waals surface area (Å²) >= 11 is 0. The third-order valence-electron chi connectivity index (χ3n) is 7.65. The van der Waals surface area contributed by atoms with Crippen molar-refractivity contribution in [3.05, 3.63) is 119 Å². The minimum atomic E-state index is -0.971. The lowest BCUT2D eigenvalue weighted by Crippen LogP contribution is -2.20. The number of rotatable bonds is 10. The van der Waals surface area contributed by atoms with E-state index in [2.05, 4.69) is 9.97 Å². The van der Waals surface area contributed by atoms with Crippen LogP contribution < -0.4 is 18.9 Å². The summed E-state index contributed by atoms with van der Waals surface area (Å²) < 4.78 is 22.1. The van der Waals surface area contributed by atoms with Gasteiger partial charge in [0.05, 0.1) is 25.3 Å². The van der Waals surface area contributed by atoms with E-state index in [9.17, 15) is 19.2 Å². The van der Waals surface area contributed by atoms with E-state index in [0.29, 0.717) is 44.4 Å². The van der Waals surface area contributed by atoms with Crippen molar-refractivity contribution < 1.29 is 38.1 Å². The summed E-state index contributed by atoms with van der Waals surface area (Å²) in [6.45, 7) is 3.73. The number of ketones is 2. The normalized spacial score (nSPS) is 11.0. The molecule has 0 spiro atoms. The number of hydrogen-bond acceptors (Lipinski definition) is 8. The van der Waals surface area contributed by atoms with E-state index in [0.717, 1.165) is 11.1 Å². The molecule has 2 aromatic heterocycles. The number of aromatic amines is 2. The van der Waals surface area contributed by atoms with Crippen LogP contribution in [0.25, 0.3) is 21.8 Å². The monoisotopic (exact) mass is 630 g/mol. The van der Waals surface area contributed by atoms with Crippen molar-refractivity contribution in [2.75, 3.05) is 14.2 Å². The number of carbonyl (C=O) groups is 4. The van der Waals surface area contributed by atoms with Crippen molar-refractivity contribution >= 4 is 45.3 Å². The highest BCUT2D eigenvalue weighted by atomic mass is 16.6. The molecule has 47 heavy (non-hydrogen) atoms. The fraction of sp³-hybridized carbons (Fsp3) is 0.135. The zero-order chi connectivity index (χ0) is 33.2. The Kier molecular flexibility index (Phi) is 8.32. The van der Waals surface area contributed by atoms with Gasteiger partial charge in [0.25, 0.3) is 0 Å². The molecule has 0 fully saturated rings. The molecule has 0 atom stereocenters. The van der Waals surface area contributed by atoms with Gasteiger partial charge < -0.3 is 28.9 Å². The minimum absolute atomic E-state index is 0.0373. The molecular weight excluding hydrogens is 600 g/mol. The van der Waals surface area contributed by atoms with Crippen LogP contribution >= 0.6 is 0 Å². The van der Waals surface area contributed by atoms with Crippen LogP contribution in [0.3, 0.4) is 0 Å². The largest absolute Gasteiger partial charge is 0.497 e. The molecule has 0 saturated carbocycles. The zero-order valence-electron chi connectivity index (χ0n) is 26.1. The highest BCUT2D eigenvalue weighted by Gasteiger charge is 2.27. The van der Waals surface area contributed by atoms with Crippen LogP contribution in [0.4, 0.5) is 0 Å². The summed E-state index contributed by atoms with van der Waals surface area (Å²) in [5.41, 5.74) is 3.67. The average Bonchev–Trinajstić information content (AvgIpc) is 3.60. The number of aromatic nitrogens is 2. The first-order valence-corrected chi connectivity index (χ1v) is 14.7. The predicted molar refractivity (Wildman–Crippen MR) is 175 cm³/mol. The Morgan fingerprint density at radius 3 is 1.38 bits per heavy atom. The first-order valence-electron chi connectivity index (χ1n) is 14.7. The molecule has 10 nitrogen and oxygen atoms in total. The maximum Gasteiger partial charge on any atom is 0.322 e. The minimum Gasteiger partial charge on any atom is -0.497 e. The van der Waals surface area contributed by atoms with Crippen molar-refractivity contribution in [2.45, 2.75) is 20.3 Å². The number of carbonyl (C=O) groups excluding carboxylic acids is 4. The molecule has 0 unspecified atom stereocenters. The van der Waals surface area contributed by atoms with Crippen LogP contribution in [-0.4, -0.2) is 47.7 Å². The highest BCUT2D eigenvalue weighted by Crippen LogP contribution is 2.36. The molecule has 0 aliphatic heterocycles. The molecule has 236 valence electrons. The highest BCUT2D eigenvalue weighted by molar-refractivity contribution is 6.15. The van der Waals surface area contributed by atoms with Crippen molar-refractivity contribution in [3.63, 3.8) is 0 Å². The molecular formula is C37H30N2O8. The molecule has 0 saturated heterocycles. The van der Waals surface area contributed by atoms with E-state index in [1.165, 1.54) is 14.2 Å². The fourth-order valence-corrected chi connectivity index (χ4v) is 5.36. The quantitative estimate of drug-likeness (QED) is 0.0976. The summed E-state index contributed by atoms with van der Waals surface area (Å²) in [7, 11) is 2.99. The van der Waals surface area contributed by atoms with E-state index < -0.39 is 29.9 Å². The lowest BCUT2D eigenvalue weighted by molar-refractivity contribution is -0.144. The van der Waals surface area contributed by atoms with Gasteiger partial charge >= 0.3 is 11.9 Å². The molecule has 6 aromatic rings. The van der Waals surface area contributed by atoms with Gasteiger partial charge in [0, 0.05) is 21.9 Å². The van der Waals surface area contributed by atoms with Gasteiger partial charge in [0.2, 0.25) is 11.6 Å². The van der Waals surface area contributed by atoms with Crippen LogP contribution in [0, 0.1) is 13.8 Å². The standard InChI is InChI=1S/C37H30N2O8/c1-20-7-5-9-22(15-20)34(42)32-36(26-17-24(44-3)11-13-28(26)38-32)46-30(40)19-31(41)47-37-27-18-25(45-4)12-14-29(27)39-33(37)35(43)23-10-6-8-21(2)16-23/h5-18,38-39H,19H2,1-4H3. The van der Waals surface area contributed by atoms with Gasteiger partial charge in [0.1, 0.15) is 29.3 Å². The maximum absolute atomic E-state index is 13.6. The average molecular weight is 631 g/mol. The SMILES string of the molecule is COc1ccc2[nH]c(C(=O)c3cccc(C)c3)c(OC(=O)CC(=O)Oc3c(C(=O)c4cccc(C)c4)[nH]c4ccc(OC)cc34)c2c1. The molecule has 0 bridgehead atoms. The van der Waals surface area contributed by atoms with Gasteiger partial charge in [0.15, 0.2) is 11.5 Å². The lowest BCUT2D eigenvalue weighted by atomic mass is 10.1. The van der Waals surface area contributed by atoms with E-state index in [-0.39, 0.29) is 22.9 Å². The Hall–Kier alpha value is -6.16. The molecule has 0 radical (unpaired) electrons. The summed E-state index contributed by atoms with van der Waals surface area (Å²) in [6.07, 6.45) is -0.816. The van der Waals surface area contributed by atoms with Crippen molar-refractivity contribution in [1.29, 1.82) is 0 Å². The number of esters is 2. The molecule has 0 amide bonds. The Bertz CT molecular complexity index is 2050. The van der Waals surface area contributed by atoms with Gasteiger partial charge in [-0.2, -0.15) is 0 Å². The number of H-pyrrole nitrogens is 2. The Morgan fingerprint density at radius 1 is 0.574 bits per heavy atom. The van der Waals surface area contributed by atoms with Crippen LogP contribution in [0.5, 0.6) is 23.0 Å². The van der Waals surface area contributed by atoms with Gasteiger partial charge in [-0.1, -0.05) is 47.5 Å². The van der Waals surface area contributed by atoms with E-state index in [1.54, 1.807) is 72.8 Å². The van der Waals surface area contributed by atoms with Crippen LogP contribution in [0.1, 0.15) is 49.7 Å². The Morgan fingerprint density at radius 2 is 1.00 bits per heavy atom. The van der Waals surface area contributed by atoms with Gasteiger partial charge in [-0.3, -0.25) is 19.2 Å². The van der Waals surface area contributed by atoms with E-state index >= 15 is 0 Å². The molecule has 0 aliphatic rings. The molecule has 0 aliphatic carbocycles. The zero-order valence-corrected chi connectivity index (χ0v) is 26.1. The molecule has 2 N–H and O–H groups in total. The lowest BCUT2D eigenvalue weighted by Gasteiger charge is -2.09. The summed E-state index contributed by atoms with van der Waals surface area (Å²) in [5, 5.41) is 0.827. The number of hydrogen-bond donors (Lipinski definition) is 2. The van der Waals surface area contributed by atoms with Crippen molar-refractivity contribution in [3.8, 4) is 23.0 Å². The van der Waals surface area contributed by atoms with E-state index in [4.69, 9.17) is 18.9 Å². The van der Waals surface area contributed by atoms with Crippen LogP contribution in [0.15, 0.2) is 84.9 Å². The van der Waals surface area contributed by atoms with Gasteiger partial charge in [-0.15, -0.1) is 0 Å². The number of methoxy groups -OCH3 is 2. The number of aryl methyl sites for hydroxylation is 2. The smallest absolute Gasteiger partial charge is 0.322 e. The van der Waals surface area contributed by atoms with Gasteiger partial charge in [-0.05, 0) is 62.4 Å². The summed E-state index contributed by atoms with van der Waals surface area (Å²) in [6, 6.07) is 24.1.